The number of hydrogen-bond acceptors (Lipinski definition) is 2. The second-order valence-electron chi connectivity index (χ2n) is 19.5. The van der Waals surface area contributed by atoms with Crippen molar-refractivity contribution in [1.82, 2.24) is 9.13 Å². The first-order valence-corrected chi connectivity index (χ1v) is 26.1. The van der Waals surface area contributed by atoms with Crippen molar-refractivity contribution in [3.63, 3.8) is 0 Å². The number of rotatable bonds is 11. The molecule has 0 radical (unpaired) electrons. The number of aromatic nitrogens is 2. The predicted octanol–water partition coefficient (Wildman–Crippen LogP) is 19.6. The highest BCUT2D eigenvalue weighted by molar-refractivity contribution is 6.12. The first kappa shape index (κ1) is 44.6. The molecule has 0 saturated heterocycles. The zero-order valence-corrected chi connectivity index (χ0v) is 41.8. The summed E-state index contributed by atoms with van der Waals surface area (Å²) in [6.45, 7) is 0. The second-order valence-corrected chi connectivity index (χ2v) is 19.5. The molecule has 11 aromatic carbocycles. The van der Waals surface area contributed by atoms with Crippen LogP contribution >= 0.6 is 0 Å². The maximum atomic E-state index is 3.65. The Morgan fingerprint density at radius 1 is 0.329 bits per heavy atom. The lowest BCUT2D eigenvalue weighted by Crippen LogP contribution is -2.10. The van der Waals surface area contributed by atoms with E-state index >= 15 is 0 Å². The van der Waals surface area contributed by atoms with Crippen molar-refractivity contribution in [1.29, 1.82) is 0 Å². The van der Waals surface area contributed by atoms with E-state index in [-0.39, 0.29) is 0 Å². The van der Waals surface area contributed by atoms with Crippen LogP contribution in [-0.4, -0.2) is 9.13 Å². The van der Waals surface area contributed by atoms with Gasteiger partial charge in [-0.15, -0.1) is 0 Å². The molecule has 76 heavy (non-hydrogen) atoms. The van der Waals surface area contributed by atoms with Crippen molar-refractivity contribution in [3.8, 4) is 39.1 Å². The highest BCUT2D eigenvalue weighted by Crippen LogP contribution is 2.44. The zero-order chi connectivity index (χ0) is 50.4. The normalized spacial score (nSPS) is 12.3. The lowest BCUT2D eigenvalue weighted by Gasteiger charge is -2.26. The Hall–Kier alpha value is -10.1. The van der Waals surface area contributed by atoms with Gasteiger partial charge >= 0.3 is 0 Å². The van der Waals surface area contributed by atoms with Gasteiger partial charge in [0, 0.05) is 66.9 Å². The first-order valence-electron chi connectivity index (χ1n) is 26.1. The van der Waals surface area contributed by atoms with Gasteiger partial charge in [0.25, 0.3) is 0 Å². The van der Waals surface area contributed by atoms with Crippen LogP contribution in [0.5, 0.6) is 0 Å². The SMILES string of the molecule is c1c(-c2ccc(N(c3cccc(-c4ccccc4)c3)c3ccc4c(c3)c3ccccc3n4C3=CC=CCC3)cc2)ccc(N(c2cccc(-c3ccccc3)c2)c2ccc3c(c2)c2ccccc2n3-c2ccccc2)c#1. The Balaban J connectivity index is 0.856. The molecular weight excluding hydrogens is 921 g/mol. The molecule has 0 N–H and O–H groups in total. The van der Waals surface area contributed by atoms with Gasteiger partial charge in [0.1, 0.15) is 0 Å². The number of benzene rings is 10. The minimum Gasteiger partial charge on any atom is -0.313 e. The summed E-state index contributed by atoms with van der Waals surface area (Å²) >= 11 is 0. The highest BCUT2D eigenvalue weighted by atomic mass is 15.1. The lowest BCUT2D eigenvalue weighted by atomic mass is 10.0. The number of anilines is 6. The molecule has 0 fully saturated rings. The van der Waals surface area contributed by atoms with Gasteiger partial charge in [-0.1, -0.05) is 170 Å². The van der Waals surface area contributed by atoms with Gasteiger partial charge in [0.2, 0.25) is 0 Å². The largest absolute Gasteiger partial charge is 0.313 e. The van der Waals surface area contributed by atoms with Gasteiger partial charge in [0.05, 0.1) is 27.8 Å². The molecule has 1 aliphatic carbocycles. The molecule has 0 bridgehead atoms. The van der Waals surface area contributed by atoms with Crippen LogP contribution < -0.4 is 9.80 Å². The minimum atomic E-state index is 0.897. The van der Waals surface area contributed by atoms with Crippen molar-refractivity contribution < 1.29 is 0 Å². The standard InChI is InChI=1S/C72H50N4/c1-5-19-51(20-6-1)55-23-17-29-61(47-55)73(63-43-45-71-67(49-63)65-31-13-15-33-69(65)75(71)57-25-9-3-10-26-57)59-39-35-53(36-40-59)54-37-41-60(42-38-54)74(62-30-18-24-56(48-62)52-21-7-2-8-22-52)64-44-46-72-68(50-64)66-32-14-16-34-70(66)76(72)58-27-11-4-12-28-58/h1-11,13-27,29-35,37-39,41-50H,12,28H2. The van der Waals surface area contributed by atoms with E-state index < -0.39 is 0 Å². The van der Waals surface area contributed by atoms with E-state index in [0.29, 0.717) is 0 Å². The topological polar surface area (TPSA) is 16.3 Å². The van der Waals surface area contributed by atoms with Crippen LogP contribution in [0, 0.1) is 12.1 Å². The zero-order valence-electron chi connectivity index (χ0n) is 41.8. The van der Waals surface area contributed by atoms with Gasteiger partial charge in [-0.3, -0.25) is 0 Å². The molecule has 0 aliphatic heterocycles. The van der Waals surface area contributed by atoms with Gasteiger partial charge < -0.3 is 18.9 Å². The molecule has 358 valence electrons. The molecule has 0 atom stereocenters. The average Bonchev–Trinajstić information content (AvgIpc) is 4.08. The summed E-state index contributed by atoms with van der Waals surface area (Å²) in [5.41, 5.74) is 20.1. The average molecular weight is 971 g/mol. The third kappa shape index (κ3) is 7.99. The number of para-hydroxylation sites is 3. The van der Waals surface area contributed by atoms with Crippen LogP contribution in [0.25, 0.3) is 88.4 Å². The fraction of sp³-hybridized carbons (Fsp3) is 0.0278. The van der Waals surface area contributed by atoms with Crippen LogP contribution in [0.1, 0.15) is 12.8 Å². The smallest absolute Gasteiger partial charge is 0.0973 e. The van der Waals surface area contributed by atoms with E-state index in [0.717, 1.165) is 74.9 Å². The van der Waals surface area contributed by atoms with E-state index in [2.05, 4.69) is 310 Å². The fourth-order valence-electron chi connectivity index (χ4n) is 11.4. The molecule has 14 rings (SSSR count). The summed E-state index contributed by atoms with van der Waals surface area (Å²) in [5, 5.41) is 4.87. The van der Waals surface area contributed by atoms with Crippen molar-refractivity contribution in [2.45, 2.75) is 12.8 Å². The van der Waals surface area contributed by atoms with E-state index in [1.807, 2.05) is 0 Å². The number of allylic oxidation sites excluding steroid dienone is 4. The predicted molar refractivity (Wildman–Crippen MR) is 320 cm³/mol. The van der Waals surface area contributed by atoms with Crippen LogP contribution in [0.3, 0.4) is 0 Å². The van der Waals surface area contributed by atoms with Gasteiger partial charge in [-0.2, -0.15) is 0 Å². The fourth-order valence-corrected chi connectivity index (χ4v) is 11.4. The summed E-state index contributed by atoms with van der Waals surface area (Å²) in [7, 11) is 0. The summed E-state index contributed by atoms with van der Waals surface area (Å²) in [6, 6.07) is 101. The summed E-state index contributed by atoms with van der Waals surface area (Å²) < 4.78 is 4.82. The van der Waals surface area contributed by atoms with E-state index in [4.69, 9.17) is 0 Å². The molecule has 0 amide bonds. The Morgan fingerprint density at radius 3 is 1.42 bits per heavy atom. The third-order valence-electron chi connectivity index (χ3n) is 15.0. The van der Waals surface area contributed by atoms with Crippen LogP contribution in [-0.2, 0) is 0 Å². The third-order valence-corrected chi connectivity index (χ3v) is 15.0. The van der Waals surface area contributed by atoms with E-state index in [1.165, 1.54) is 60.5 Å². The molecule has 13 aromatic rings. The van der Waals surface area contributed by atoms with Crippen molar-refractivity contribution in [2.75, 3.05) is 9.80 Å². The highest BCUT2D eigenvalue weighted by Gasteiger charge is 2.21. The molecule has 0 spiro atoms. The Morgan fingerprint density at radius 2 is 0.829 bits per heavy atom. The molecule has 0 unspecified atom stereocenters. The van der Waals surface area contributed by atoms with Crippen molar-refractivity contribution >= 4 is 83.4 Å². The lowest BCUT2D eigenvalue weighted by molar-refractivity contribution is 0.979. The Kier molecular flexibility index (Phi) is 11.2. The van der Waals surface area contributed by atoms with Crippen molar-refractivity contribution in [3.05, 3.63) is 291 Å². The van der Waals surface area contributed by atoms with E-state index in [1.54, 1.807) is 0 Å². The van der Waals surface area contributed by atoms with Crippen molar-refractivity contribution in [2.24, 2.45) is 0 Å². The summed E-state index contributed by atoms with van der Waals surface area (Å²) in [5.74, 6) is 0. The second kappa shape index (κ2) is 19.1. The van der Waals surface area contributed by atoms with Gasteiger partial charge in [-0.05, 0) is 162 Å². The molecule has 2 aromatic heterocycles. The molecule has 1 aliphatic rings. The molecule has 0 saturated carbocycles. The Bertz CT molecular complexity index is 4320. The quantitative estimate of drug-likeness (QED) is 0.128. The maximum Gasteiger partial charge on any atom is 0.0973 e. The summed E-state index contributed by atoms with van der Waals surface area (Å²) in [6.07, 6.45) is 8.76. The number of fused-ring (bicyclic) bond motifs is 6. The number of nitrogens with zero attached hydrogens (tertiary/aromatic N) is 4. The summed E-state index contributed by atoms with van der Waals surface area (Å²) in [4.78, 5) is 4.70. The monoisotopic (exact) mass is 970 g/mol. The molecule has 2 heterocycles. The van der Waals surface area contributed by atoms with Gasteiger partial charge in [-0.25, -0.2) is 0 Å². The van der Waals surface area contributed by atoms with E-state index in [9.17, 15) is 0 Å². The van der Waals surface area contributed by atoms with Gasteiger partial charge in [0.15, 0.2) is 0 Å². The Labute approximate surface area is 443 Å². The molecule has 4 nitrogen and oxygen atoms in total. The number of hydrogen-bond donors (Lipinski definition) is 0. The first-order chi connectivity index (χ1) is 37.7. The van der Waals surface area contributed by atoms with Crippen LogP contribution in [0.4, 0.5) is 34.1 Å². The molecule has 4 heteroatoms. The van der Waals surface area contributed by atoms with Crippen LogP contribution in [0.2, 0.25) is 0 Å². The van der Waals surface area contributed by atoms with Crippen LogP contribution in [0.15, 0.2) is 279 Å². The molecular formula is C72H50N4. The minimum absolute atomic E-state index is 0.897. The maximum absolute atomic E-state index is 3.65.